The molecule has 0 N–H and O–H groups in total. The van der Waals surface area contributed by atoms with E-state index in [9.17, 15) is 0 Å². The molecule has 0 bridgehead atoms. The molecule has 2 heteroatoms. The van der Waals surface area contributed by atoms with E-state index in [0.717, 1.165) is 5.92 Å². The normalized spacial score (nSPS) is 21.5. The molecule has 1 aliphatic heterocycles. The van der Waals surface area contributed by atoms with Crippen LogP contribution in [0.3, 0.4) is 0 Å². The molecule has 0 aromatic carbocycles. The molecule has 1 saturated heterocycles. The van der Waals surface area contributed by atoms with E-state index in [0.29, 0.717) is 6.04 Å². The van der Waals surface area contributed by atoms with Gasteiger partial charge in [-0.05, 0) is 19.8 Å². The molecule has 0 amide bonds. The average Bonchev–Trinajstić information content (AvgIpc) is 2.34. The maximum atomic E-state index is 2.55. The molecular weight excluding hydrogens is 148 g/mol. The van der Waals surface area contributed by atoms with Crippen molar-refractivity contribution >= 4 is 0 Å². The van der Waals surface area contributed by atoms with Crippen molar-refractivity contribution in [2.75, 3.05) is 26.3 Å². The molecule has 1 rings (SSSR count). The van der Waals surface area contributed by atoms with Crippen molar-refractivity contribution in [3.63, 3.8) is 0 Å². The van der Waals surface area contributed by atoms with Crippen molar-refractivity contribution in [1.29, 1.82) is 0 Å². The van der Waals surface area contributed by atoms with Gasteiger partial charge in [-0.25, -0.2) is 0 Å². The highest BCUT2D eigenvalue weighted by molar-refractivity contribution is 4.74. The van der Waals surface area contributed by atoms with E-state index in [1.807, 2.05) is 0 Å². The third kappa shape index (κ3) is 2.76. The first kappa shape index (κ1) is 10.0. The van der Waals surface area contributed by atoms with Gasteiger partial charge in [0.15, 0.2) is 0 Å². The summed E-state index contributed by atoms with van der Waals surface area (Å²) in [5, 5.41) is 0. The van der Waals surface area contributed by atoms with Crippen LogP contribution < -0.4 is 0 Å². The molecule has 0 aromatic heterocycles. The molecule has 1 fully saturated rings. The quantitative estimate of drug-likeness (QED) is 0.635. The van der Waals surface area contributed by atoms with Crippen LogP contribution in [-0.4, -0.2) is 42.1 Å². The van der Waals surface area contributed by atoms with Gasteiger partial charge in [0.25, 0.3) is 0 Å². The van der Waals surface area contributed by atoms with Crippen molar-refractivity contribution in [3.8, 4) is 0 Å². The fourth-order valence-electron chi connectivity index (χ4n) is 1.76. The van der Waals surface area contributed by atoms with Crippen LogP contribution in [0.4, 0.5) is 0 Å². The second-order valence-electron chi connectivity index (χ2n) is 4.52. The molecule has 0 saturated carbocycles. The van der Waals surface area contributed by atoms with E-state index in [-0.39, 0.29) is 0 Å². The van der Waals surface area contributed by atoms with E-state index in [2.05, 4.69) is 37.5 Å². The second-order valence-corrected chi connectivity index (χ2v) is 4.52. The second kappa shape index (κ2) is 4.24. The highest BCUT2D eigenvalue weighted by Gasteiger charge is 2.21. The zero-order valence-corrected chi connectivity index (χ0v) is 8.88. The third-order valence-electron chi connectivity index (χ3n) is 2.44. The van der Waals surface area contributed by atoms with Crippen LogP contribution in [0.15, 0.2) is 0 Å². The van der Waals surface area contributed by atoms with Crippen LogP contribution in [0, 0.1) is 5.92 Å². The van der Waals surface area contributed by atoms with Gasteiger partial charge in [-0.1, -0.05) is 13.8 Å². The zero-order valence-electron chi connectivity index (χ0n) is 8.88. The fraction of sp³-hybridized carbons (Fsp3) is 1.00. The summed E-state index contributed by atoms with van der Waals surface area (Å²) in [5.41, 5.74) is 0. The highest BCUT2D eigenvalue weighted by Crippen LogP contribution is 2.10. The summed E-state index contributed by atoms with van der Waals surface area (Å²) < 4.78 is 0. The number of nitrogens with zero attached hydrogens (tertiary/aromatic N) is 2. The Labute approximate surface area is 76.5 Å². The van der Waals surface area contributed by atoms with Crippen LogP contribution in [0.2, 0.25) is 0 Å². The number of hydrogen-bond donors (Lipinski definition) is 0. The molecule has 72 valence electrons. The minimum atomic E-state index is 0.710. The smallest absolute Gasteiger partial charge is 0.0509 e. The summed E-state index contributed by atoms with van der Waals surface area (Å²) in [6.45, 7) is 14.1. The van der Waals surface area contributed by atoms with E-state index >= 15 is 0 Å². The van der Waals surface area contributed by atoms with Crippen molar-refractivity contribution in [3.05, 3.63) is 0 Å². The molecule has 0 radical (unpaired) electrons. The van der Waals surface area contributed by atoms with Crippen LogP contribution in [0.1, 0.15) is 27.7 Å². The Bertz CT molecular complexity index is 132. The molecule has 1 heterocycles. The lowest BCUT2D eigenvalue weighted by atomic mass is 10.2. The SMILES string of the molecule is CC(C)CN1CCN(C(C)C)C1. The van der Waals surface area contributed by atoms with Crippen LogP contribution in [0.5, 0.6) is 0 Å². The van der Waals surface area contributed by atoms with Gasteiger partial charge in [0.05, 0.1) is 6.67 Å². The van der Waals surface area contributed by atoms with Crippen LogP contribution in [0.25, 0.3) is 0 Å². The monoisotopic (exact) mass is 170 g/mol. The minimum absolute atomic E-state index is 0.710. The molecule has 0 aliphatic carbocycles. The Kier molecular flexibility index (Phi) is 3.53. The summed E-state index contributed by atoms with van der Waals surface area (Å²) in [4.78, 5) is 5.08. The lowest BCUT2D eigenvalue weighted by Gasteiger charge is -2.22. The Hall–Kier alpha value is -0.0800. The molecule has 0 aromatic rings. The van der Waals surface area contributed by atoms with Crippen molar-refractivity contribution in [2.45, 2.75) is 33.7 Å². The topological polar surface area (TPSA) is 6.48 Å². The molecule has 0 spiro atoms. The van der Waals surface area contributed by atoms with Crippen LogP contribution >= 0.6 is 0 Å². The predicted octanol–water partition coefficient (Wildman–Crippen LogP) is 1.63. The summed E-state index contributed by atoms with van der Waals surface area (Å²) in [6, 6.07) is 0.710. The van der Waals surface area contributed by atoms with E-state index in [1.54, 1.807) is 0 Å². The van der Waals surface area contributed by atoms with Gasteiger partial charge in [0, 0.05) is 25.7 Å². The summed E-state index contributed by atoms with van der Waals surface area (Å²) >= 11 is 0. The Morgan fingerprint density at radius 2 is 1.75 bits per heavy atom. The van der Waals surface area contributed by atoms with Gasteiger partial charge in [-0.3, -0.25) is 9.80 Å². The van der Waals surface area contributed by atoms with Gasteiger partial charge in [0.1, 0.15) is 0 Å². The maximum absolute atomic E-state index is 2.55. The zero-order chi connectivity index (χ0) is 9.14. The average molecular weight is 170 g/mol. The maximum Gasteiger partial charge on any atom is 0.0509 e. The van der Waals surface area contributed by atoms with E-state index in [4.69, 9.17) is 0 Å². The Morgan fingerprint density at radius 1 is 1.08 bits per heavy atom. The summed E-state index contributed by atoms with van der Waals surface area (Å²) in [6.07, 6.45) is 0. The fourth-order valence-corrected chi connectivity index (χ4v) is 1.76. The lowest BCUT2D eigenvalue weighted by molar-refractivity contribution is 0.200. The largest absolute Gasteiger partial charge is 0.289 e. The molecule has 12 heavy (non-hydrogen) atoms. The van der Waals surface area contributed by atoms with Crippen molar-refractivity contribution in [1.82, 2.24) is 9.80 Å². The van der Waals surface area contributed by atoms with Crippen molar-refractivity contribution in [2.24, 2.45) is 5.92 Å². The van der Waals surface area contributed by atoms with E-state index in [1.165, 1.54) is 26.3 Å². The predicted molar refractivity (Wildman–Crippen MR) is 53.1 cm³/mol. The van der Waals surface area contributed by atoms with Crippen LogP contribution in [-0.2, 0) is 0 Å². The van der Waals surface area contributed by atoms with Gasteiger partial charge in [-0.2, -0.15) is 0 Å². The van der Waals surface area contributed by atoms with Gasteiger partial charge >= 0.3 is 0 Å². The molecule has 0 unspecified atom stereocenters. The number of rotatable bonds is 3. The number of hydrogen-bond acceptors (Lipinski definition) is 2. The highest BCUT2D eigenvalue weighted by atomic mass is 15.4. The van der Waals surface area contributed by atoms with Gasteiger partial charge in [-0.15, -0.1) is 0 Å². The standard InChI is InChI=1S/C10H22N2/c1-9(2)7-11-5-6-12(8-11)10(3)4/h9-10H,5-8H2,1-4H3. The molecule has 2 nitrogen and oxygen atoms in total. The first-order chi connectivity index (χ1) is 5.59. The molecule has 0 atom stereocenters. The molecule has 1 aliphatic rings. The lowest BCUT2D eigenvalue weighted by Crippen LogP contribution is -2.32. The summed E-state index contributed by atoms with van der Waals surface area (Å²) in [7, 11) is 0. The Balaban J connectivity index is 2.26. The summed E-state index contributed by atoms with van der Waals surface area (Å²) in [5.74, 6) is 0.803. The third-order valence-corrected chi connectivity index (χ3v) is 2.44. The minimum Gasteiger partial charge on any atom is -0.289 e. The van der Waals surface area contributed by atoms with Gasteiger partial charge in [0.2, 0.25) is 0 Å². The van der Waals surface area contributed by atoms with E-state index < -0.39 is 0 Å². The first-order valence-electron chi connectivity index (χ1n) is 5.06. The Morgan fingerprint density at radius 3 is 2.17 bits per heavy atom. The van der Waals surface area contributed by atoms with Gasteiger partial charge < -0.3 is 0 Å². The first-order valence-corrected chi connectivity index (χ1v) is 5.06. The van der Waals surface area contributed by atoms with Crippen molar-refractivity contribution < 1.29 is 0 Å². The molecular formula is C10H22N2.